The fourth-order valence-electron chi connectivity index (χ4n) is 2.15. The largest absolute Gasteiger partial charge is 0.323 e. The average Bonchev–Trinajstić information content (AvgIpc) is 3.04. The lowest BCUT2D eigenvalue weighted by molar-refractivity contribution is 0.262. The molecule has 2 aromatic carbocycles. The summed E-state index contributed by atoms with van der Waals surface area (Å²) in [7, 11) is 0. The van der Waals surface area contributed by atoms with Gasteiger partial charge in [0.1, 0.15) is 0 Å². The second kappa shape index (κ2) is 7.10. The third kappa shape index (κ3) is 3.80. The Morgan fingerprint density at radius 2 is 2.00 bits per heavy atom. The molecule has 24 heavy (non-hydrogen) atoms. The lowest BCUT2D eigenvalue weighted by atomic mass is 10.1. The highest BCUT2D eigenvalue weighted by atomic mass is 79.9. The first-order valence-corrected chi connectivity index (χ1v) is 8.49. The Morgan fingerprint density at radius 1 is 1.17 bits per heavy atom. The fraction of sp³-hybridized carbons (Fsp3) is 0.0667. The molecule has 1 heterocycles. The van der Waals surface area contributed by atoms with Gasteiger partial charge in [0.25, 0.3) is 0 Å². The second-order valence-electron chi connectivity index (χ2n) is 4.99. The molecular weight excluding hydrogens is 440 g/mol. The summed E-state index contributed by atoms with van der Waals surface area (Å²) in [4.78, 5) is 12.3. The normalized spacial score (nSPS) is 10.5. The number of tetrazole rings is 1. The number of carbonyl (C=O) groups excluding carboxylic acids is 1. The van der Waals surface area contributed by atoms with E-state index in [1.807, 2.05) is 37.3 Å². The van der Waals surface area contributed by atoms with E-state index in [0.717, 1.165) is 10.0 Å². The molecular formula is C15H12Br2N6O. The van der Waals surface area contributed by atoms with Crippen molar-refractivity contribution in [2.45, 2.75) is 6.92 Å². The first kappa shape index (κ1) is 16.6. The molecule has 122 valence electrons. The molecule has 3 N–H and O–H groups in total. The van der Waals surface area contributed by atoms with Crippen LogP contribution in [0.2, 0.25) is 0 Å². The zero-order chi connectivity index (χ0) is 17.1. The Bertz CT molecular complexity index is 882. The summed E-state index contributed by atoms with van der Waals surface area (Å²) in [6.45, 7) is 1.96. The van der Waals surface area contributed by atoms with E-state index in [4.69, 9.17) is 0 Å². The van der Waals surface area contributed by atoms with Gasteiger partial charge in [-0.3, -0.25) is 0 Å². The highest BCUT2D eigenvalue weighted by Gasteiger charge is 2.16. The number of aromatic nitrogens is 4. The number of halogens is 2. The van der Waals surface area contributed by atoms with Gasteiger partial charge >= 0.3 is 6.03 Å². The van der Waals surface area contributed by atoms with Crippen molar-refractivity contribution in [1.29, 1.82) is 0 Å². The number of nitrogens with one attached hydrogen (secondary N) is 3. The van der Waals surface area contributed by atoms with Crippen LogP contribution in [0, 0.1) is 6.92 Å². The topological polar surface area (TPSA) is 95.6 Å². The van der Waals surface area contributed by atoms with Crippen LogP contribution in [0.25, 0.3) is 11.4 Å². The van der Waals surface area contributed by atoms with Crippen LogP contribution in [0.5, 0.6) is 0 Å². The quantitative estimate of drug-likeness (QED) is 0.551. The van der Waals surface area contributed by atoms with Gasteiger partial charge in [0.05, 0.1) is 5.69 Å². The van der Waals surface area contributed by atoms with Crippen molar-refractivity contribution < 1.29 is 4.79 Å². The van der Waals surface area contributed by atoms with Gasteiger partial charge in [-0.1, -0.05) is 28.1 Å². The monoisotopic (exact) mass is 450 g/mol. The van der Waals surface area contributed by atoms with Crippen molar-refractivity contribution in [3.63, 3.8) is 0 Å². The number of carbonyl (C=O) groups is 1. The summed E-state index contributed by atoms with van der Waals surface area (Å²) in [5.74, 6) is 0.378. The molecule has 0 saturated carbocycles. The van der Waals surface area contributed by atoms with Crippen molar-refractivity contribution in [3.8, 4) is 11.4 Å². The van der Waals surface area contributed by atoms with Crippen molar-refractivity contribution in [3.05, 3.63) is 50.9 Å². The minimum absolute atomic E-state index is 0.367. The minimum atomic E-state index is -0.367. The maximum absolute atomic E-state index is 12.3. The SMILES string of the molecule is Cc1cccc(NC(=O)Nc2c(Br)cc(Br)cc2-c2nn[nH]n2)c1. The molecule has 0 aliphatic carbocycles. The number of aryl methyl sites for hydroxylation is 1. The Hall–Kier alpha value is -2.26. The Kier molecular flexibility index (Phi) is 4.91. The van der Waals surface area contributed by atoms with E-state index in [-0.39, 0.29) is 6.03 Å². The highest BCUT2D eigenvalue weighted by Crippen LogP contribution is 2.35. The Balaban J connectivity index is 1.88. The van der Waals surface area contributed by atoms with Gasteiger partial charge in [-0.15, -0.1) is 10.2 Å². The molecule has 0 aliphatic heterocycles. The highest BCUT2D eigenvalue weighted by molar-refractivity contribution is 9.11. The van der Waals surface area contributed by atoms with E-state index in [1.54, 1.807) is 6.07 Å². The molecule has 0 atom stereocenters. The van der Waals surface area contributed by atoms with Gasteiger partial charge in [-0.05, 0) is 57.9 Å². The molecule has 9 heteroatoms. The molecule has 0 radical (unpaired) electrons. The molecule has 0 fully saturated rings. The fourth-order valence-corrected chi connectivity index (χ4v) is 3.48. The zero-order valence-corrected chi connectivity index (χ0v) is 15.6. The maximum Gasteiger partial charge on any atom is 0.323 e. The minimum Gasteiger partial charge on any atom is -0.308 e. The first-order valence-electron chi connectivity index (χ1n) is 6.90. The van der Waals surface area contributed by atoms with Gasteiger partial charge in [0, 0.05) is 20.2 Å². The van der Waals surface area contributed by atoms with E-state index in [1.165, 1.54) is 0 Å². The number of nitrogens with zero attached hydrogens (tertiary/aromatic N) is 3. The number of anilines is 2. The van der Waals surface area contributed by atoms with E-state index >= 15 is 0 Å². The number of hydrogen-bond donors (Lipinski definition) is 3. The van der Waals surface area contributed by atoms with E-state index < -0.39 is 0 Å². The van der Waals surface area contributed by atoms with Crippen LogP contribution in [0.15, 0.2) is 45.3 Å². The molecule has 0 bridgehead atoms. The standard InChI is InChI=1S/C15H12Br2N6O/c1-8-3-2-4-10(5-8)18-15(24)19-13-11(14-20-22-23-21-14)6-9(16)7-12(13)17/h2-7H,1H3,(H2,18,19,24)(H,20,21,22,23). The summed E-state index contributed by atoms with van der Waals surface area (Å²) in [6, 6.07) is 10.8. The lowest BCUT2D eigenvalue weighted by Gasteiger charge is -2.13. The predicted molar refractivity (Wildman–Crippen MR) is 98.8 cm³/mol. The van der Waals surface area contributed by atoms with Crippen molar-refractivity contribution in [2.75, 3.05) is 10.6 Å². The van der Waals surface area contributed by atoms with Crippen LogP contribution in [-0.4, -0.2) is 26.7 Å². The van der Waals surface area contributed by atoms with Gasteiger partial charge in [-0.25, -0.2) is 4.79 Å². The third-order valence-electron chi connectivity index (χ3n) is 3.16. The van der Waals surface area contributed by atoms with Crippen molar-refractivity contribution in [2.24, 2.45) is 0 Å². The van der Waals surface area contributed by atoms with Crippen LogP contribution >= 0.6 is 31.9 Å². The summed E-state index contributed by atoms with van der Waals surface area (Å²) in [5, 5.41) is 19.5. The predicted octanol–water partition coefficient (Wildman–Crippen LogP) is 4.34. The molecule has 3 aromatic rings. The Labute approximate surface area is 154 Å². The van der Waals surface area contributed by atoms with Gasteiger partial charge < -0.3 is 10.6 Å². The molecule has 1 aromatic heterocycles. The van der Waals surface area contributed by atoms with E-state index in [2.05, 4.69) is 63.1 Å². The number of aromatic amines is 1. The van der Waals surface area contributed by atoms with Crippen molar-refractivity contribution in [1.82, 2.24) is 20.6 Å². The second-order valence-corrected chi connectivity index (χ2v) is 6.76. The van der Waals surface area contributed by atoms with E-state index in [0.29, 0.717) is 27.2 Å². The smallest absolute Gasteiger partial charge is 0.308 e. The van der Waals surface area contributed by atoms with Gasteiger partial charge in [-0.2, -0.15) is 5.21 Å². The zero-order valence-electron chi connectivity index (χ0n) is 12.5. The molecule has 3 rings (SSSR count). The average molecular weight is 452 g/mol. The van der Waals surface area contributed by atoms with Crippen LogP contribution in [0.3, 0.4) is 0 Å². The summed E-state index contributed by atoms with van der Waals surface area (Å²) >= 11 is 6.87. The number of amides is 2. The number of benzene rings is 2. The molecule has 0 aliphatic rings. The molecule has 0 spiro atoms. The van der Waals surface area contributed by atoms with Crippen LogP contribution in [0.4, 0.5) is 16.2 Å². The summed E-state index contributed by atoms with van der Waals surface area (Å²) in [6.07, 6.45) is 0. The molecule has 0 saturated heterocycles. The van der Waals surface area contributed by atoms with Gasteiger partial charge in [0.15, 0.2) is 0 Å². The summed E-state index contributed by atoms with van der Waals surface area (Å²) < 4.78 is 1.51. The van der Waals surface area contributed by atoms with Gasteiger partial charge in [0.2, 0.25) is 5.82 Å². The number of hydrogen-bond acceptors (Lipinski definition) is 4. The van der Waals surface area contributed by atoms with E-state index in [9.17, 15) is 4.79 Å². The van der Waals surface area contributed by atoms with Crippen LogP contribution < -0.4 is 10.6 Å². The maximum atomic E-state index is 12.3. The molecule has 2 amide bonds. The number of rotatable bonds is 3. The van der Waals surface area contributed by atoms with Crippen LogP contribution in [-0.2, 0) is 0 Å². The molecule has 7 nitrogen and oxygen atoms in total. The third-order valence-corrected chi connectivity index (χ3v) is 4.24. The lowest BCUT2D eigenvalue weighted by Crippen LogP contribution is -2.20. The summed E-state index contributed by atoms with van der Waals surface area (Å²) in [5.41, 5.74) is 2.95. The number of urea groups is 1. The van der Waals surface area contributed by atoms with Crippen LogP contribution in [0.1, 0.15) is 5.56 Å². The Morgan fingerprint density at radius 3 is 2.71 bits per heavy atom. The number of H-pyrrole nitrogens is 1. The first-order chi connectivity index (χ1) is 11.5. The van der Waals surface area contributed by atoms with Crippen molar-refractivity contribution >= 4 is 49.3 Å². The molecule has 0 unspecified atom stereocenters.